The average molecular weight is 373 g/mol. The Kier molecular flexibility index (Phi) is 4.74. The molecule has 0 bridgehead atoms. The summed E-state index contributed by atoms with van der Waals surface area (Å²) in [5.74, 6) is 0.162. The summed E-state index contributed by atoms with van der Waals surface area (Å²) in [5, 5.41) is 1.83. The molecular formula is C19H20FN3O2S. The van der Waals surface area contributed by atoms with Crippen molar-refractivity contribution in [3.63, 3.8) is 0 Å². The third-order valence-electron chi connectivity index (χ3n) is 4.77. The number of halogens is 1. The van der Waals surface area contributed by atoms with Gasteiger partial charge in [-0.05, 0) is 30.9 Å². The molecule has 0 aliphatic carbocycles. The van der Waals surface area contributed by atoms with Crippen molar-refractivity contribution in [1.29, 1.82) is 0 Å². The third kappa shape index (κ3) is 3.37. The van der Waals surface area contributed by atoms with Gasteiger partial charge in [-0.2, -0.15) is 0 Å². The van der Waals surface area contributed by atoms with Crippen LogP contribution in [0.25, 0.3) is 16.2 Å². The lowest BCUT2D eigenvalue weighted by Crippen LogP contribution is -2.34. The van der Waals surface area contributed by atoms with Crippen LogP contribution in [0.5, 0.6) is 0 Å². The van der Waals surface area contributed by atoms with E-state index in [9.17, 15) is 9.18 Å². The van der Waals surface area contributed by atoms with Crippen molar-refractivity contribution < 1.29 is 13.9 Å². The highest BCUT2D eigenvalue weighted by Crippen LogP contribution is 2.25. The van der Waals surface area contributed by atoms with Gasteiger partial charge in [-0.15, -0.1) is 11.3 Å². The summed E-state index contributed by atoms with van der Waals surface area (Å²) in [6.07, 6.45) is 3.78. The van der Waals surface area contributed by atoms with Gasteiger partial charge in [0, 0.05) is 43.9 Å². The molecule has 0 atom stereocenters. The first-order chi connectivity index (χ1) is 12.6. The Labute approximate surface area is 155 Å². The predicted octanol–water partition coefficient (Wildman–Crippen LogP) is 3.70. The Morgan fingerprint density at radius 2 is 2.23 bits per heavy atom. The van der Waals surface area contributed by atoms with Gasteiger partial charge in [0.05, 0.1) is 5.69 Å². The molecule has 1 aliphatic rings. The van der Waals surface area contributed by atoms with Gasteiger partial charge in [0.15, 0.2) is 4.96 Å². The summed E-state index contributed by atoms with van der Waals surface area (Å²) in [6, 6.07) is 6.33. The van der Waals surface area contributed by atoms with Gasteiger partial charge in [0.1, 0.15) is 11.5 Å². The summed E-state index contributed by atoms with van der Waals surface area (Å²) < 4.78 is 20.7. The van der Waals surface area contributed by atoms with Gasteiger partial charge in [-0.25, -0.2) is 9.37 Å². The zero-order chi connectivity index (χ0) is 18.1. The van der Waals surface area contributed by atoms with E-state index >= 15 is 0 Å². The first kappa shape index (κ1) is 17.2. The predicted molar refractivity (Wildman–Crippen MR) is 99.0 cm³/mol. The van der Waals surface area contributed by atoms with Crippen LogP contribution in [0.4, 0.5) is 4.39 Å². The number of ether oxygens (including phenoxy) is 1. The van der Waals surface area contributed by atoms with E-state index in [4.69, 9.17) is 4.74 Å². The number of carbonyl (C=O) groups excluding carboxylic acids is 1. The first-order valence-electron chi connectivity index (χ1n) is 8.67. The molecule has 7 heteroatoms. The van der Waals surface area contributed by atoms with E-state index in [1.54, 1.807) is 21.6 Å². The fourth-order valence-corrected chi connectivity index (χ4v) is 4.17. The van der Waals surface area contributed by atoms with Gasteiger partial charge in [0.2, 0.25) is 0 Å². The van der Waals surface area contributed by atoms with E-state index in [0.29, 0.717) is 22.9 Å². The number of hydrogen-bond acceptors (Lipinski definition) is 4. The van der Waals surface area contributed by atoms with Crippen molar-refractivity contribution in [2.24, 2.45) is 5.92 Å². The highest BCUT2D eigenvalue weighted by Gasteiger charge is 2.22. The fraction of sp³-hybridized carbons (Fsp3) is 0.368. The van der Waals surface area contributed by atoms with E-state index < -0.39 is 0 Å². The molecule has 1 aromatic carbocycles. The Morgan fingerprint density at radius 1 is 1.42 bits per heavy atom. The highest BCUT2D eigenvalue weighted by molar-refractivity contribution is 7.15. The SMILES string of the molecule is CN(CC1CCOCC1)C(=O)c1csc2nc(-c3cccc(F)c3)cn12. The Balaban J connectivity index is 1.57. The lowest BCUT2D eigenvalue weighted by atomic mass is 10.00. The molecule has 0 N–H and O–H groups in total. The number of fused-ring (bicyclic) bond motifs is 1. The van der Waals surface area contributed by atoms with E-state index in [0.717, 1.165) is 37.6 Å². The molecule has 0 saturated carbocycles. The maximum atomic E-state index is 13.5. The van der Waals surface area contributed by atoms with Crippen LogP contribution in [0.1, 0.15) is 23.3 Å². The zero-order valence-electron chi connectivity index (χ0n) is 14.5. The van der Waals surface area contributed by atoms with Crippen LogP contribution < -0.4 is 0 Å². The minimum absolute atomic E-state index is 0.0223. The van der Waals surface area contributed by atoms with Crippen molar-refractivity contribution in [2.45, 2.75) is 12.8 Å². The number of amides is 1. The van der Waals surface area contributed by atoms with Crippen molar-refractivity contribution in [3.8, 4) is 11.3 Å². The van der Waals surface area contributed by atoms with Crippen LogP contribution in [0.2, 0.25) is 0 Å². The minimum atomic E-state index is -0.300. The Morgan fingerprint density at radius 3 is 3.00 bits per heavy atom. The third-order valence-corrected chi connectivity index (χ3v) is 5.61. The molecule has 5 nitrogen and oxygen atoms in total. The topological polar surface area (TPSA) is 46.8 Å². The van der Waals surface area contributed by atoms with Crippen LogP contribution >= 0.6 is 11.3 Å². The number of hydrogen-bond donors (Lipinski definition) is 0. The standard InChI is InChI=1S/C19H20FN3O2S/c1-22(10-13-5-7-25-8-6-13)18(24)17-12-26-19-21-16(11-23(17)19)14-3-2-4-15(20)9-14/h2-4,9,11-13H,5-8,10H2,1H3. The van der Waals surface area contributed by atoms with Crippen LogP contribution in [0.15, 0.2) is 35.8 Å². The van der Waals surface area contributed by atoms with E-state index in [-0.39, 0.29) is 11.7 Å². The summed E-state index contributed by atoms with van der Waals surface area (Å²) in [4.78, 5) is 19.9. The summed E-state index contributed by atoms with van der Waals surface area (Å²) >= 11 is 1.42. The molecule has 0 unspecified atom stereocenters. The maximum Gasteiger partial charge on any atom is 0.271 e. The second-order valence-corrected chi connectivity index (χ2v) is 7.49. The number of nitrogens with zero attached hydrogens (tertiary/aromatic N) is 3. The molecule has 3 heterocycles. The van der Waals surface area contributed by atoms with E-state index in [1.807, 2.05) is 18.5 Å². The smallest absolute Gasteiger partial charge is 0.271 e. The molecule has 0 radical (unpaired) electrons. The largest absolute Gasteiger partial charge is 0.381 e. The van der Waals surface area contributed by atoms with E-state index in [1.165, 1.54) is 23.5 Å². The molecule has 136 valence electrons. The molecule has 1 saturated heterocycles. The summed E-state index contributed by atoms with van der Waals surface area (Å²) in [6.45, 7) is 2.27. The fourth-order valence-electron chi connectivity index (χ4n) is 3.32. The number of rotatable bonds is 4. The monoisotopic (exact) mass is 373 g/mol. The van der Waals surface area contributed by atoms with Crippen LogP contribution in [0.3, 0.4) is 0 Å². The molecule has 4 rings (SSSR count). The molecule has 0 spiro atoms. The number of aromatic nitrogens is 2. The highest BCUT2D eigenvalue weighted by atomic mass is 32.1. The normalized spacial score (nSPS) is 15.5. The first-order valence-corrected chi connectivity index (χ1v) is 9.55. The number of thiazole rings is 1. The summed E-state index contributed by atoms with van der Waals surface area (Å²) in [5.41, 5.74) is 1.96. The van der Waals surface area contributed by atoms with Crippen molar-refractivity contribution in [3.05, 3.63) is 47.4 Å². The molecule has 1 aliphatic heterocycles. The number of imidazole rings is 1. The van der Waals surface area contributed by atoms with Gasteiger partial charge in [-0.3, -0.25) is 9.20 Å². The van der Waals surface area contributed by atoms with Gasteiger partial charge in [-0.1, -0.05) is 12.1 Å². The van der Waals surface area contributed by atoms with Crippen molar-refractivity contribution >= 4 is 22.2 Å². The molecule has 2 aromatic heterocycles. The average Bonchev–Trinajstić information content (AvgIpc) is 3.22. The molecule has 1 amide bonds. The zero-order valence-corrected chi connectivity index (χ0v) is 15.3. The van der Waals surface area contributed by atoms with Gasteiger partial charge in [0.25, 0.3) is 5.91 Å². The Hall–Kier alpha value is -2.25. The lowest BCUT2D eigenvalue weighted by Gasteiger charge is -2.27. The maximum absolute atomic E-state index is 13.5. The quantitative estimate of drug-likeness (QED) is 0.701. The number of carbonyl (C=O) groups is 1. The minimum Gasteiger partial charge on any atom is -0.381 e. The van der Waals surface area contributed by atoms with E-state index in [2.05, 4.69) is 4.98 Å². The summed E-state index contributed by atoms with van der Waals surface area (Å²) in [7, 11) is 1.84. The molecule has 3 aromatic rings. The molecule has 1 fully saturated rings. The second kappa shape index (κ2) is 7.17. The van der Waals surface area contributed by atoms with Crippen molar-refractivity contribution in [2.75, 3.05) is 26.8 Å². The second-order valence-electron chi connectivity index (χ2n) is 6.65. The molecule has 26 heavy (non-hydrogen) atoms. The number of benzene rings is 1. The van der Waals surface area contributed by atoms with Gasteiger partial charge < -0.3 is 9.64 Å². The lowest BCUT2D eigenvalue weighted by molar-refractivity contribution is 0.0495. The van der Waals surface area contributed by atoms with Gasteiger partial charge >= 0.3 is 0 Å². The van der Waals surface area contributed by atoms with Crippen LogP contribution in [0, 0.1) is 11.7 Å². The molecular weight excluding hydrogens is 353 g/mol. The van der Waals surface area contributed by atoms with Crippen molar-refractivity contribution in [1.82, 2.24) is 14.3 Å². The van der Waals surface area contributed by atoms with Crippen LogP contribution in [-0.2, 0) is 4.74 Å². The Bertz CT molecular complexity index is 930. The van der Waals surface area contributed by atoms with Crippen LogP contribution in [-0.4, -0.2) is 47.0 Å².